The van der Waals surface area contributed by atoms with E-state index in [0.717, 1.165) is 5.56 Å². The second kappa shape index (κ2) is 9.13. The third kappa shape index (κ3) is 4.66. The first-order valence-corrected chi connectivity index (χ1v) is 10.2. The maximum absolute atomic E-state index is 14.2. The van der Waals surface area contributed by atoms with Crippen LogP contribution in [0.1, 0.15) is 61.9 Å². The van der Waals surface area contributed by atoms with Gasteiger partial charge in [0.25, 0.3) is 5.91 Å². The lowest BCUT2D eigenvalue weighted by atomic mass is 9.85. The number of carbonyl (C=O) groups excluding carboxylic acids is 1. The van der Waals surface area contributed by atoms with Gasteiger partial charge in [-0.3, -0.25) is 9.69 Å². The highest BCUT2D eigenvalue weighted by Gasteiger charge is 2.23. The van der Waals surface area contributed by atoms with Crippen LogP contribution in [0, 0.1) is 18.7 Å². The first kappa shape index (κ1) is 20.2. The van der Waals surface area contributed by atoms with Gasteiger partial charge in [-0.05, 0) is 57.7 Å². The van der Waals surface area contributed by atoms with E-state index in [-0.39, 0.29) is 11.6 Å². The fraction of sp³-hybridized carbons (Fsp3) is 0.500. The molecule has 6 heteroatoms. The van der Waals surface area contributed by atoms with Gasteiger partial charge in [0.2, 0.25) is 5.95 Å². The van der Waals surface area contributed by atoms with Crippen LogP contribution in [0.15, 0.2) is 30.5 Å². The Bertz CT molecular complexity index is 820. The summed E-state index contributed by atoms with van der Waals surface area (Å²) in [5, 5.41) is 3.40. The van der Waals surface area contributed by atoms with Gasteiger partial charge in [0, 0.05) is 18.8 Å². The fourth-order valence-corrected chi connectivity index (χ4v) is 3.88. The maximum Gasteiger partial charge on any atom is 0.262 e. The third-order valence-electron chi connectivity index (χ3n) is 5.54. The van der Waals surface area contributed by atoms with Gasteiger partial charge in [-0.1, -0.05) is 30.9 Å². The van der Waals surface area contributed by atoms with Crippen molar-refractivity contribution in [3.63, 3.8) is 0 Å². The summed E-state index contributed by atoms with van der Waals surface area (Å²) in [5.41, 5.74) is 0.901. The maximum atomic E-state index is 14.2. The zero-order valence-electron chi connectivity index (χ0n) is 16.9. The summed E-state index contributed by atoms with van der Waals surface area (Å²) in [6, 6.07) is 6.52. The van der Waals surface area contributed by atoms with E-state index >= 15 is 0 Å². The molecule has 3 rings (SSSR count). The summed E-state index contributed by atoms with van der Waals surface area (Å²) < 4.78 is 14.2. The highest BCUT2D eigenvalue weighted by Crippen LogP contribution is 2.28. The number of benzene rings is 1. The quantitative estimate of drug-likeness (QED) is 0.764. The van der Waals surface area contributed by atoms with E-state index in [1.807, 2.05) is 13.8 Å². The molecule has 0 bridgehead atoms. The molecule has 1 aliphatic rings. The van der Waals surface area contributed by atoms with Crippen molar-refractivity contribution in [1.82, 2.24) is 9.97 Å². The van der Waals surface area contributed by atoms with E-state index in [4.69, 9.17) is 0 Å². The summed E-state index contributed by atoms with van der Waals surface area (Å²) in [7, 11) is 0. The minimum atomic E-state index is -0.521. The van der Waals surface area contributed by atoms with Crippen LogP contribution in [0.4, 0.5) is 16.2 Å². The van der Waals surface area contributed by atoms with Gasteiger partial charge in [-0.15, -0.1) is 0 Å². The molecule has 1 fully saturated rings. The molecule has 28 heavy (non-hydrogen) atoms. The number of nitrogens with one attached hydrogen (secondary N) is 1. The van der Waals surface area contributed by atoms with E-state index in [0.29, 0.717) is 24.2 Å². The van der Waals surface area contributed by atoms with E-state index in [9.17, 15) is 9.18 Å². The molecular weight excluding hydrogens is 355 g/mol. The monoisotopic (exact) mass is 384 g/mol. The van der Waals surface area contributed by atoms with E-state index in [2.05, 4.69) is 22.2 Å². The van der Waals surface area contributed by atoms with Gasteiger partial charge >= 0.3 is 0 Å². The number of rotatable bonds is 6. The Balaban J connectivity index is 1.78. The van der Waals surface area contributed by atoms with Crippen molar-refractivity contribution < 1.29 is 9.18 Å². The summed E-state index contributed by atoms with van der Waals surface area (Å²) in [4.78, 5) is 23.3. The molecule has 1 atom stereocenters. The van der Waals surface area contributed by atoms with Gasteiger partial charge in [0.15, 0.2) is 0 Å². The number of amides is 1. The summed E-state index contributed by atoms with van der Waals surface area (Å²) in [6.07, 6.45) is 7.95. The molecule has 1 aromatic carbocycles. The summed E-state index contributed by atoms with van der Waals surface area (Å²) in [5.74, 6) is 0.681. The Morgan fingerprint density at radius 3 is 2.75 bits per heavy atom. The number of halogens is 1. The van der Waals surface area contributed by atoms with Crippen molar-refractivity contribution in [2.24, 2.45) is 5.92 Å². The number of anilines is 2. The zero-order chi connectivity index (χ0) is 20.1. The van der Waals surface area contributed by atoms with Crippen molar-refractivity contribution >= 4 is 17.7 Å². The molecule has 0 spiro atoms. The molecule has 2 aromatic rings. The van der Waals surface area contributed by atoms with Crippen LogP contribution in [0.25, 0.3) is 0 Å². The molecule has 1 aromatic heterocycles. The second-order valence-electron chi connectivity index (χ2n) is 7.60. The van der Waals surface area contributed by atoms with Crippen molar-refractivity contribution in [2.45, 2.75) is 58.9 Å². The first-order valence-electron chi connectivity index (χ1n) is 10.2. The van der Waals surface area contributed by atoms with Gasteiger partial charge in [0.1, 0.15) is 11.6 Å². The molecule has 150 valence electrons. The molecule has 5 nitrogen and oxygen atoms in total. The van der Waals surface area contributed by atoms with Crippen molar-refractivity contribution in [2.75, 3.05) is 16.8 Å². The molecule has 1 N–H and O–H groups in total. The molecule has 0 radical (unpaired) electrons. The van der Waals surface area contributed by atoms with Crippen molar-refractivity contribution in [3.8, 4) is 0 Å². The largest absolute Gasteiger partial charge is 0.351 e. The number of hydrogen-bond donors (Lipinski definition) is 1. The van der Waals surface area contributed by atoms with Crippen LogP contribution in [0.2, 0.25) is 0 Å². The predicted molar refractivity (Wildman–Crippen MR) is 110 cm³/mol. The standard InChI is InChI=1S/C22H29FN4O/c1-4-27(21(28)18-14-15(2)10-11-19(18)23)20-12-13-24-22(26-20)25-16(3)17-8-6-5-7-9-17/h10-14,16-17H,4-9H2,1-3H3,(H,24,25,26)/t16-/m0/s1. The molecule has 1 aliphatic carbocycles. The minimum absolute atomic E-state index is 0.0607. The van der Waals surface area contributed by atoms with Gasteiger partial charge in [-0.2, -0.15) is 4.98 Å². The molecule has 1 saturated carbocycles. The molecule has 0 aliphatic heterocycles. The average Bonchev–Trinajstić information content (AvgIpc) is 2.71. The van der Waals surface area contributed by atoms with Crippen LogP contribution < -0.4 is 10.2 Å². The Labute approximate surface area is 166 Å². The van der Waals surface area contributed by atoms with Crippen molar-refractivity contribution in [3.05, 3.63) is 47.4 Å². The highest BCUT2D eigenvalue weighted by molar-refractivity contribution is 6.05. The summed E-state index contributed by atoms with van der Waals surface area (Å²) in [6.45, 7) is 6.25. The van der Waals surface area contributed by atoms with E-state index in [1.54, 1.807) is 24.4 Å². The fourth-order valence-electron chi connectivity index (χ4n) is 3.88. The van der Waals surface area contributed by atoms with E-state index < -0.39 is 11.7 Å². The molecule has 0 saturated heterocycles. The molecular formula is C22H29FN4O. The van der Waals surface area contributed by atoms with Crippen LogP contribution >= 0.6 is 0 Å². The van der Waals surface area contributed by atoms with Gasteiger partial charge < -0.3 is 5.32 Å². The van der Waals surface area contributed by atoms with Gasteiger partial charge in [0.05, 0.1) is 5.56 Å². The Kier molecular flexibility index (Phi) is 6.60. The van der Waals surface area contributed by atoms with E-state index in [1.165, 1.54) is 43.1 Å². The third-order valence-corrected chi connectivity index (χ3v) is 5.54. The van der Waals surface area contributed by atoms with Crippen LogP contribution in [-0.4, -0.2) is 28.5 Å². The van der Waals surface area contributed by atoms with Crippen molar-refractivity contribution in [1.29, 1.82) is 0 Å². The minimum Gasteiger partial charge on any atom is -0.351 e. The zero-order valence-corrected chi connectivity index (χ0v) is 16.9. The Morgan fingerprint density at radius 2 is 2.04 bits per heavy atom. The summed E-state index contributed by atoms with van der Waals surface area (Å²) >= 11 is 0. The molecule has 1 amide bonds. The average molecular weight is 384 g/mol. The van der Waals surface area contributed by atoms with Crippen LogP contribution in [0.3, 0.4) is 0 Å². The smallest absolute Gasteiger partial charge is 0.262 e. The Morgan fingerprint density at radius 1 is 1.29 bits per heavy atom. The SMILES string of the molecule is CCN(C(=O)c1cc(C)ccc1F)c1ccnc(N[C@@H](C)C2CCCCC2)n1. The molecule has 0 unspecified atom stereocenters. The second-order valence-corrected chi connectivity index (χ2v) is 7.60. The van der Waals surface area contributed by atoms with Crippen LogP contribution in [0.5, 0.6) is 0 Å². The predicted octanol–water partition coefficient (Wildman–Crippen LogP) is 4.97. The topological polar surface area (TPSA) is 58.1 Å². The number of carbonyl (C=O) groups is 1. The molecule has 1 heterocycles. The lowest BCUT2D eigenvalue weighted by Crippen LogP contribution is -2.33. The lowest BCUT2D eigenvalue weighted by molar-refractivity contribution is 0.0983. The first-order chi connectivity index (χ1) is 13.5. The number of aromatic nitrogens is 2. The van der Waals surface area contributed by atoms with Gasteiger partial charge in [-0.25, -0.2) is 9.37 Å². The highest BCUT2D eigenvalue weighted by atomic mass is 19.1. The Hall–Kier alpha value is -2.50. The normalized spacial score (nSPS) is 15.9. The number of aryl methyl sites for hydroxylation is 1. The lowest BCUT2D eigenvalue weighted by Gasteiger charge is -2.28. The number of nitrogens with zero attached hydrogens (tertiary/aromatic N) is 3. The van der Waals surface area contributed by atoms with Crippen LogP contribution in [-0.2, 0) is 0 Å². The number of hydrogen-bond acceptors (Lipinski definition) is 4.